The first-order chi connectivity index (χ1) is 9.85. The fourth-order valence-electron chi connectivity index (χ4n) is 1.77. The van der Waals surface area contributed by atoms with Crippen LogP contribution < -0.4 is 10.1 Å². The molecule has 0 atom stereocenters. The van der Waals surface area contributed by atoms with Crippen molar-refractivity contribution in [3.63, 3.8) is 0 Å². The van der Waals surface area contributed by atoms with Gasteiger partial charge in [0.2, 0.25) is 0 Å². The van der Waals surface area contributed by atoms with E-state index in [9.17, 15) is 13.2 Å². The number of halogens is 3. The minimum atomic E-state index is -4.71. The van der Waals surface area contributed by atoms with Gasteiger partial charge in [-0.1, -0.05) is 12.1 Å². The summed E-state index contributed by atoms with van der Waals surface area (Å²) in [6.07, 6.45) is -1.18. The molecule has 0 amide bonds. The minimum absolute atomic E-state index is 0.236. The third-order valence-corrected chi connectivity index (χ3v) is 2.78. The highest BCUT2D eigenvalue weighted by atomic mass is 19.4. The first-order valence-electron chi connectivity index (χ1n) is 6.47. The van der Waals surface area contributed by atoms with Crippen molar-refractivity contribution in [2.24, 2.45) is 0 Å². The maximum Gasteiger partial charge on any atom is 0.573 e. The molecule has 0 saturated carbocycles. The second kappa shape index (κ2) is 6.07. The summed E-state index contributed by atoms with van der Waals surface area (Å²) in [6.45, 7) is 4.36. The molecule has 0 saturated heterocycles. The number of ether oxygens (including phenoxy) is 1. The summed E-state index contributed by atoms with van der Waals surface area (Å²) in [4.78, 5) is 0. The van der Waals surface area contributed by atoms with Crippen LogP contribution in [0.3, 0.4) is 0 Å². The highest BCUT2D eigenvalue weighted by Gasteiger charge is 2.32. The van der Waals surface area contributed by atoms with Gasteiger partial charge in [0.05, 0.1) is 11.9 Å². The molecule has 1 aromatic heterocycles. The van der Waals surface area contributed by atoms with E-state index < -0.39 is 6.36 Å². The van der Waals surface area contributed by atoms with Crippen LogP contribution in [0.15, 0.2) is 36.7 Å². The van der Waals surface area contributed by atoms with Crippen LogP contribution >= 0.6 is 0 Å². The van der Waals surface area contributed by atoms with E-state index in [0.29, 0.717) is 6.54 Å². The van der Waals surface area contributed by atoms with E-state index in [2.05, 4.69) is 15.2 Å². The van der Waals surface area contributed by atoms with Crippen molar-refractivity contribution in [3.8, 4) is 5.75 Å². The molecule has 1 aromatic carbocycles. The summed E-state index contributed by atoms with van der Waals surface area (Å²) in [5.74, 6) is -0.249. The summed E-state index contributed by atoms with van der Waals surface area (Å²) in [6, 6.07) is 6.17. The summed E-state index contributed by atoms with van der Waals surface area (Å²) in [7, 11) is 0. The number of rotatable bonds is 5. The molecule has 0 unspecified atom stereocenters. The predicted octanol–water partition coefficient (Wildman–Crippen LogP) is 3.97. The topological polar surface area (TPSA) is 39.1 Å². The molecule has 0 radical (unpaired) electrons. The van der Waals surface area contributed by atoms with Crippen molar-refractivity contribution in [3.05, 3.63) is 42.2 Å². The Balaban J connectivity index is 2.05. The van der Waals surface area contributed by atoms with Crippen molar-refractivity contribution in [1.82, 2.24) is 9.78 Å². The molecule has 114 valence electrons. The number of aromatic nitrogens is 2. The first-order valence-corrected chi connectivity index (χ1v) is 6.47. The number of alkyl halides is 3. The number of hydrogen-bond acceptors (Lipinski definition) is 3. The van der Waals surface area contributed by atoms with Crippen molar-refractivity contribution < 1.29 is 17.9 Å². The minimum Gasteiger partial charge on any atom is -0.404 e. The number of para-hydroxylation sites is 2. The third kappa shape index (κ3) is 4.40. The molecule has 1 N–H and O–H groups in total. The summed E-state index contributed by atoms with van der Waals surface area (Å²) in [5.41, 5.74) is 1.16. The van der Waals surface area contributed by atoms with Gasteiger partial charge in [-0.2, -0.15) is 5.10 Å². The normalized spacial score (nSPS) is 11.7. The fraction of sp³-hybridized carbons (Fsp3) is 0.357. The lowest BCUT2D eigenvalue weighted by Crippen LogP contribution is -2.18. The van der Waals surface area contributed by atoms with Gasteiger partial charge in [-0.25, -0.2) is 0 Å². The monoisotopic (exact) mass is 299 g/mol. The van der Waals surface area contributed by atoms with E-state index in [1.54, 1.807) is 16.9 Å². The summed E-state index contributed by atoms with van der Waals surface area (Å²) in [5, 5.41) is 7.10. The molecule has 7 heteroatoms. The van der Waals surface area contributed by atoms with E-state index in [4.69, 9.17) is 0 Å². The molecule has 2 aromatic rings. The lowest BCUT2D eigenvalue weighted by atomic mass is 10.2. The van der Waals surface area contributed by atoms with Gasteiger partial charge in [-0.3, -0.25) is 4.68 Å². The van der Waals surface area contributed by atoms with Crippen LogP contribution in [-0.2, 0) is 6.54 Å². The zero-order valence-corrected chi connectivity index (χ0v) is 11.7. The molecule has 2 rings (SSSR count). The number of nitrogens with one attached hydrogen (secondary N) is 1. The molecule has 21 heavy (non-hydrogen) atoms. The number of hydrogen-bond donors (Lipinski definition) is 1. The van der Waals surface area contributed by atoms with E-state index in [1.165, 1.54) is 18.2 Å². The fourth-order valence-corrected chi connectivity index (χ4v) is 1.77. The second-order valence-electron chi connectivity index (χ2n) is 4.82. The van der Waals surface area contributed by atoms with Gasteiger partial charge in [0.1, 0.15) is 0 Å². The lowest BCUT2D eigenvalue weighted by Gasteiger charge is -2.14. The SMILES string of the molecule is CC(C)n1cc(CNc2ccccc2OC(F)(F)F)cn1. The van der Waals surface area contributed by atoms with Crippen LogP contribution in [0.4, 0.5) is 18.9 Å². The Hall–Kier alpha value is -2.18. The smallest absolute Gasteiger partial charge is 0.404 e. The Kier molecular flexibility index (Phi) is 4.40. The molecule has 0 bridgehead atoms. The Bertz CT molecular complexity index is 593. The molecule has 0 aliphatic heterocycles. The average Bonchev–Trinajstić information content (AvgIpc) is 2.85. The van der Waals surface area contributed by atoms with Gasteiger partial charge in [0.25, 0.3) is 0 Å². The van der Waals surface area contributed by atoms with E-state index in [-0.39, 0.29) is 17.5 Å². The summed E-state index contributed by atoms with van der Waals surface area (Å²) >= 11 is 0. The standard InChI is InChI=1S/C14H16F3N3O/c1-10(2)20-9-11(8-19-20)7-18-12-5-3-4-6-13(12)21-14(15,16)17/h3-6,8-10,18H,7H2,1-2H3. The van der Waals surface area contributed by atoms with E-state index >= 15 is 0 Å². The number of anilines is 1. The Morgan fingerprint density at radius 1 is 1.29 bits per heavy atom. The van der Waals surface area contributed by atoms with Gasteiger partial charge in [0, 0.05) is 24.3 Å². The van der Waals surface area contributed by atoms with Crippen LogP contribution in [0, 0.1) is 0 Å². The molecule has 1 heterocycles. The number of benzene rings is 1. The molecule has 0 fully saturated rings. The largest absolute Gasteiger partial charge is 0.573 e. The van der Waals surface area contributed by atoms with Crippen molar-refractivity contribution in [2.75, 3.05) is 5.32 Å². The molecule has 0 spiro atoms. The van der Waals surface area contributed by atoms with Crippen molar-refractivity contribution >= 4 is 5.69 Å². The second-order valence-corrected chi connectivity index (χ2v) is 4.82. The van der Waals surface area contributed by atoms with E-state index in [1.807, 2.05) is 20.0 Å². The first kappa shape index (κ1) is 15.2. The third-order valence-electron chi connectivity index (χ3n) is 2.78. The Morgan fingerprint density at radius 3 is 2.62 bits per heavy atom. The average molecular weight is 299 g/mol. The predicted molar refractivity (Wildman–Crippen MR) is 73.1 cm³/mol. The Morgan fingerprint density at radius 2 is 2.00 bits per heavy atom. The van der Waals surface area contributed by atoms with Crippen LogP contribution in [0.1, 0.15) is 25.5 Å². The highest BCUT2D eigenvalue weighted by Crippen LogP contribution is 2.30. The molecular weight excluding hydrogens is 283 g/mol. The van der Waals surface area contributed by atoms with Crippen molar-refractivity contribution in [1.29, 1.82) is 0 Å². The van der Waals surface area contributed by atoms with E-state index in [0.717, 1.165) is 5.56 Å². The summed E-state index contributed by atoms with van der Waals surface area (Å²) < 4.78 is 42.7. The number of nitrogens with zero attached hydrogens (tertiary/aromatic N) is 2. The molecule has 0 aliphatic carbocycles. The van der Waals surface area contributed by atoms with Gasteiger partial charge in [-0.15, -0.1) is 13.2 Å². The quantitative estimate of drug-likeness (QED) is 0.908. The zero-order valence-electron chi connectivity index (χ0n) is 11.7. The Labute approximate surface area is 120 Å². The van der Waals surface area contributed by atoms with Gasteiger partial charge in [0.15, 0.2) is 5.75 Å². The van der Waals surface area contributed by atoms with Crippen LogP contribution in [0.2, 0.25) is 0 Å². The molecule has 0 aliphatic rings. The zero-order chi connectivity index (χ0) is 15.5. The maximum atomic E-state index is 12.3. The lowest BCUT2D eigenvalue weighted by molar-refractivity contribution is -0.274. The van der Waals surface area contributed by atoms with Gasteiger partial charge in [-0.05, 0) is 26.0 Å². The highest BCUT2D eigenvalue weighted by molar-refractivity contribution is 5.56. The molecule has 4 nitrogen and oxygen atoms in total. The van der Waals surface area contributed by atoms with Crippen LogP contribution in [0.25, 0.3) is 0 Å². The maximum absolute atomic E-state index is 12.3. The van der Waals surface area contributed by atoms with Gasteiger partial charge < -0.3 is 10.1 Å². The van der Waals surface area contributed by atoms with Gasteiger partial charge >= 0.3 is 6.36 Å². The van der Waals surface area contributed by atoms with Crippen LogP contribution in [-0.4, -0.2) is 16.1 Å². The van der Waals surface area contributed by atoms with Crippen molar-refractivity contribution in [2.45, 2.75) is 32.8 Å². The van der Waals surface area contributed by atoms with Crippen LogP contribution in [0.5, 0.6) is 5.75 Å². The molecular formula is C14H16F3N3O.